The number of pyridine rings is 1. The van der Waals surface area contributed by atoms with E-state index < -0.39 is 0 Å². The molecule has 0 fully saturated rings. The van der Waals surface area contributed by atoms with E-state index in [1.165, 1.54) is 6.07 Å². The Hall–Kier alpha value is -2.88. The van der Waals surface area contributed by atoms with Crippen molar-refractivity contribution in [1.29, 1.82) is 0 Å². The molecule has 4 heteroatoms. The minimum absolute atomic E-state index is 0.176. The topological polar surface area (TPSA) is 38.1 Å². The number of halogens is 1. The highest BCUT2D eigenvalue weighted by Gasteiger charge is 2.08. The zero-order chi connectivity index (χ0) is 15.8. The van der Waals surface area contributed by atoms with Crippen molar-refractivity contribution in [2.75, 3.05) is 5.32 Å². The van der Waals surface area contributed by atoms with Crippen molar-refractivity contribution >= 4 is 27.8 Å². The molecule has 0 saturated carbocycles. The van der Waals surface area contributed by atoms with Crippen LogP contribution in [-0.4, -0.2) is 4.98 Å². The van der Waals surface area contributed by atoms with E-state index in [4.69, 9.17) is 4.42 Å². The summed E-state index contributed by atoms with van der Waals surface area (Å²) in [5.74, 6) is -0.176. The average Bonchev–Trinajstić information content (AvgIpc) is 2.94. The molecule has 4 rings (SSSR count). The lowest BCUT2D eigenvalue weighted by Crippen LogP contribution is -2.02. The number of aromatic nitrogens is 1. The lowest BCUT2D eigenvalue weighted by Gasteiger charge is -2.09. The molecule has 0 saturated heterocycles. The third-order valence-corrected chi connectivity index (χ3v) is 4.09. The first kappa shape index (κ1) is 13.8. The molecule has 2 heterocycles. The van der Waals surface area contributed by atoms with Crippen LogP contribution in [0.4, 0.5) is 10.1 Å². The van der Waals surface area contributed by atoms with Gasteiger partial charge in [0.25, 0.3) is 0 Å². The lowest BCUT2D eigenvalue weighted by molar-refractivity contribution is 0.616. The van der Waals surface area contributed by atoms with Crippen molar-refractivity contribution in [1.82, 2.24) is 4.98 Å². The minimum Gasteiger partial charge on any atom is -0.454 e. The Balaban J connectivity index is 1.66. The number of furan rings is 1. The van der Waals surface area contributed by atoms with Crippen molar-refractivity contribution in [3.05, 3.63) is 71.7 Å². The van der Waals surface area contributed by atoms with Gasteiger partial charge in [-0.3, -0.25) is 4.98 Å². The fraction of sp³-hybridized carbons (Fsp3) is 0.105. The molecule has 23 heavy (non-hydrogen) atoms. The summed E-state index contributed by atoms with van der Waals surface area (Å²) in [6, 6.07) is 14.8. The largest absolute Gasteiger partial charge is 0.454 e. The maximum absolute atomic E-state index is 13.6. The second-order valence-corrected chi connectivity index (χ2v) is 5.54. The summed E-state index contributed by atoms with van der Waals surface area (Å²) in [5, 5.41) is 4.31. The molecule has 0 aliphatic heterocycles. The first-order chi connectivity index (χ1) is 11.2. The van der Waals surface area contributed by atoms with Gasteiger partial charge < -0.3 is 9.73 Å². The first-order valence-corrected chi connectivity index (χ1v) is 7.47. The summed E-state index contributed by atoms with van der Waals surface area (Å²) in [5.41, 5.74) is 5.02. The van der Waals surface area contributed by atoms with Crippen LogP contribution in [0.2, 0.25) is 0 Å². The maximum Gasteiger partial charge on any atom is 0.153 e. The van der Waals surface area contributed by atoms with Crippen molar-refractivity contribution < 1.29 is 8.81 Å². The third kappa shape index (κ3) is 2.42. The number of hydrogen-bond donors (Lipinski definition) is 1. The monoisotopic (exact) mass is 306 g/mol. The molecule has 2 aromatic heterocycles. The molecule has 2 aromatic carbocycles. The van der Waals surface area contributed by atoms with Crippen LogP contribution >= 0.6 is 0 Å². The van der Waals surface area contributed by atoms with Crippen LogP contribution in [0.1, 0.15) is 11.1 Å². The van der Waals surface area contributed by atoms with Gasteiger partial charge in [-0.25, -0.2) is 4.39 Å². The minimum atomic E-state index is -0.176. The molecule has 0 spiro atoms. The van der Waals surface area contributed by atoms with E-state index in [1.54, 1.807) is 19.2 Å². The van der Waals surface area contributed by atoms with Gasteiger partial charge in [0.05, 0.1) is 0 Å². The van der Waals surface area contributed by atoms with Gasteiger partial charge in [-0.1, -0.05) is 12.1 Å². The number of hydrogen-bond acceptors (Lipinski definition) is 3. The summed E-state index contributed by atoms with van der Waals surface area (Å²) in [6.45, 7) is 2.36. The van der Waals surface area contributed by atoms with Crippen LogP contribution in [-0.2, 0) is 6.54 Å². The van der Waals surface area contributed by atoms with Crippen molar-refractivity contribution in [2.45, 2.75) is 13.5 Å². The Morgan fingerprint density at radius 2 is 2.00 bits per heavy atom. The molecule has 0 atom stereocenters. The second-order valence-electron chi connectivity index (χ2n) is 5.54. The molecular weight excluding hydrogens is 291 g/mol. The summed E-state index contributed by atoms with van der Waals surface area (Å²) < 4.78 is 19.4. The predicted octanol–water partition coefficient (Wildman–Crippen LogP) is 5.04. The number of benzene rings is 2. The van der Waals surface area contributed by atoms with Gasteiger partial charge in [0.15, 0.2) is 5.58 Å². The summed E-state index contributed by atoms with van der Waals surface area (Å²) in [6.07, 6.45) is 1.76. The van der Waals surface area contributed by atoms with Crippen LogP contribution in [0.25, 0.3) is 22.1 Å². The molecule has 0 amide bonds. The molecule has 0 aliphatic carbocycles. The normalized spacial score (nSPS) is 11.2. The van der Waals surface area contributed by atoms with Gasteiger partial charge in [0, 0.05) is 23.8 Å². The quantitative estimate of drug-likeness (QED) is 0.576. The third-order valence-electron chi connectivity index (χ3n) is 4.09. The lowest BCUT2D eigenvalue weighted by atomic mass is 10.1. The maximum atomic E-state index is 13.6. The molecule has 1 N–H and O–H groups in total. The van der Waals surface area contributed by atoms with Crippen LogP contribution in [0.15, 0.2) is 59.1 Å². The van der Waals surface area contributed by atoms with E-state index in [-0.39, 0.29) is 5.82 Å². The van der Waals surface area contributed by atoms with Gasteiger partial charge >= 0.3 is 0 Å². The zero-order valence-corrected chi connectivity index (χ0v) is 12.6. The van der Waals surface area contributed by atoms with Crippen molar-refractivity contribution in [3.63, 3.8) is 0 Å². The second kappa shape index (κ2) is 5.39. The highest BCUT2D eigenvalue weighted by Crippen LogP contribution is 2.29. The smallest absolute Gasteiger partial charge is 0.153 e. The Morgan fingerprint density at radius 1 is 1.09 bits per heavy atom. The number of fused-ring (bicyclic) bond motifs is 3. The highest BCUT2D eigenvalue weighted by molar-refractivity contribution is 6.03. The fourth-order valence-corrected chi connectivity index (χ4v) is 2.75. The zero-order valence-electron chi connectivity index (χ0n) is 12.6. The summed E-state index contributed by atoms with van der Waals surface area (Å²) in [4.78, 5) is 4.38. The Bertz CT molecular complexity index is 1010. The molecule has 114 valence electrons. The number of rotatable bonds is 3. The molecule has 3 nitrogen and oxygen atoms in total. The fourth-order valence-electron chi connectivity index (χ4n) is 2.75. The highest BCUT2D eigenvalue weighted by atomic mass is 19.1. The number of anilines is 1. The van der Waals surface area contributed by atoms with Crippen LogP contribution in [0, 0.1) is 12.7 Å². The predicted molar refractivity (Wildman–Crippen MR) is 90.0 cm³/mol. The number of nitrogens with zero attached hydrogens (tertiary/aromatic N) is 1. The SMILES string of the molecule is Cc1c(F)cccc1CNc1ccc2oc3cccnc3c2c1. The molecule has 0 aliphatic rings. The molecule has 4 aromatic rings. The Labute approximate surface area is 132 Å². The van der Waals surface area contributed by atoms with Gasteiger partial charge in [-0.05, 0) is 54.4 Å². The van der Waals surface area contributed by atoms with E-state index in [0.717, 1.165) is 33.3 Å². The van der Waals surface area contributed by atoms with Gasteiger partial charge in [0.2, 0.25) is 0 Å². The average molecular weight is 306 g/mol. The first-order valence-electron chi connectivity index (χ1n) is 7.47. The van der Waals surface area contributed by atoms with E-state index >= 15 is 0 Å². The van der Waals surface area contributed by atoms with Gasteiger partial charge in [-0.2, -0.15) is 0 Å². The van der Waals surface area contributed by atoms with Gasteiger partial charge in [0.1, 0.15) is 16.9 Å². The number of nitrogens with one attached hydrogen (secondary N) is 1. The molecule has 0 bridgehead atoms. The van der Waals surface area contributed by atoms with E-state index in [1.807, 2.05) is 36.4 Å². The summed E-state index contributed by atoms with van der Waals surface area (Å²) >= 11 is 0. The Kier molecular flexibility index (Phi) is 3.23. The summed E-state index contributed by atoms with van der Waals surface area (Å²) in [7, 11) is 0. The molecular formula is C19H15FN2O. The van der Waals surface area contributed by atoms with E-state index in [0.29, 0.717) is 12.1 Å². The van der Waals surface area contributed by atoms with Crippen LogP contribution in [0.3, 0.4) is 0 Å². The van der Waals surface area contributed by atoms with Crippen molar-refractivity contribution in [2.24, 2.45) is 0 Å². The van der Waals surface area contributed by atoms with Crippen molar-refractivity contribution in [3.8, 4) is 0 Å². The molecule has 0 unspecified atom stereocenters. The van der Waals surface area contributed by atoms with E-state index in [2.05, 4.69) is 10.3 Å². The molecule has 0 radical (unpaired) electrons. The van der Waals surface area contributed by atoms with Gasteiger partial charge in [-0.15, -0.1) is 0 Å². The van der Waals surface area contributed by atoms with E-state index in [9.17, 15) is 4.39 Å². The van der Waals surface area contributed by atoms with Crippen LogP contribution < -0.4 is 5.32 Å². The Morgan fingerprint density at radius 3 is 2.91 bits per heavy atom. The standard InChI is InChI=1S/C19H15FN2O/c1-12-13(4-2-5-16(12)20)11-22-14-7-8-17-15(10-14)19-18(23-17)6-3-9-21-19/h2-10,22H,11H2,1H3. The van der Waals surface area contributed by atoms with Crippen LogP contribution in [0.5, 0.6) is 0 Å².